The fraction of sp³-hybridized carbons (Fsp3) is 0.500. The topological polar surface area (TPSA) is 88.0 Å². The van der Waals surface area contributed by atoms with Crippen LogP contribution in [0.1, 0.15) is 37.0 Å². The molecule has 2 rings (SSSR count). The second-order valence-electron chi connectivity index (χ2n) is 9.05. The number of carbonyl (C=O) groups excluding carboxylic acids is 1. The fourth-order valence-electron chi connectivity index (χ4n) is 3.38. The third kappa shape index (κ3) is 8.88. The van der Waals surface area contributed by atoms with E-state index in [4.69, 9.17) is 9.47 Å². The summed E-state index contributed by atoms with van der Waals surface area (Å²) in [6.07, 6.45) is -12.3. The Bertz CT molecular complexity index is 993. The summed E-state index contributed by atoms with van der Waals surface area (Å²) in [7, 11) is 0. The molecule has 0 aromatic heterocycles. The molecule has 0 heterocycles. The number of aliphatic hydroxyl groups excluding tert-OH is 1. The molecule has 0 amide bonds. The van der Waals surface area contributed by atoms with Gasteiger partial charge in [0.25, 0.3) is 5.60 Å². The number of aliphatic hydroxyl groups is 2. The third-order valence-corrected chi connectivity index (χ3v) is 5.59. The number of hydrogen-bond acceptors (Lipinski definition) is 6. The number of esters is 1. The van der Waals surface area contributed by atoms with Crippen LogP contribution in [-0.4, -0.2) is 60.4 Å². The Morgan fingerprint density at radius 1 is 0.895 bits per heavy atom. The van der Waals surface area contributed by atoms with Crippen molar-refractivity contribution in [2.75, 3.05) is 19.8 Å². The summed E-state index contributed by atoms with van der Waals surface area (Å²) in [5, 5.41) is 22.4. The van der Waals surface area contributed by atoms with Crippen LogP contribution in [0.25, 0.3) is 0 Å². The molecule has 0 aliphatic rings. The van der Waals surface area contributed by atoms with Crippen LogP contribution in [0.15, 0.2) is 48.5 Å². The van der Waals surface area contributed by atoms with Crippen LogP contribution in [0.5, 0.6) is 5.75 Å². The van der Waals surface area contributed by atoms with Gasteiger partial charge in [-0.3, -0.25) is 4.79 Å². The minimum Gasteiger partial charge on any atom is -0.491 e. The predicted molar refractivity (Wildman–Crippen MR) is 127 cm³/mol. The molecule has 38 heavy (non-hydrogen) atoms. The molecular formula is C26H31F6NO5. The maximum Gasteiger partial charge on any atom is 0.430 e. The fourth-order valence-corrected chi connectivity index (χ4v) is 3.38. The van der Waals surface area contributed by atoms with Crippen LogP contribution >= 0.6 is 0 Å². The molecule has 3 N–H and O–H groups in total. The van der Waals surface area contributed by atoms with Crippen molar-refractivity contribution in [3.8, 4) is 5.75 Å². The lowest BCUT2D eigenvalue weighted by molar-refractivity contribution is -0.376. The van der Waals surface area contributed by atoms with E-state index in [0.29, 0.717) is 36.4 Å². The zero-order valence-electron chi connectivity index (χ0n) is 20.9. The number of halogens is 6. The molecule has 0 bridgehead atoms. The highest BCUT2D eigenvalue weighted by molar-refractivity contribution is 5.69. The van der Waals surface area contributed by atoms with E-state index in [2.05, 4.69) is 5.32 Å². The van der Waals surface area contributed by atoms with E-state index in [1.807, 2.05) is 13.8 Å². The Morgan fingerprint density at radius 3 is 1.95 bits per heavy atom. The molecule has 0 saturated carbocycles. The van der Waals surface area contributed by atoms with E-state index in [1.165, 1.54) is 0 Å². The zero-order chi connectivity index (χ0) is 28.6. The summed E-state index contributed by atoms with van der Waals surface area (Å²) in [4.78, 5) is 12.0. The number of alkyl halides is 6. The van der Waals surface area contributed by atoms with Gasteiger partial charge in [-0.25, -0.2) is 0 Å². The molecule has 6 nitrogen and oxygen atoms in total. The van der Waals surface area contributed by atoms with Gasteiger partial charge in [0.2, 0.25) is 0 Å². The van der Waals surface area contributed by atoms with Crippen LogP contribution in [0.2, 0.25) is 0 Å². The number of benzene rings is 2. The summed E-state index contributed by atoms with van der Waals surface area (Å²) >= 11 is 0. The van der Waals surface area contributed by atoms with Gasteiger partial charge in [-0.05, 0) is 29.7 Å². The molecule has 0 aliphatic heterocycles. The molecular weight excluding hydrogens is 520 g/mol. The van der Waals surface area contributed by atoms with Crippen molar-refractivity contribution < 1.29 is 50.8 Å². The maximum atomic E-state index is 13.0. The van der Waals surface area contributed by atoms with Gasteiger partial charge in [0, 0.05) is 31.0 Å². The van der Waals surface area contributed by atoms with Crippen LogP contribution in [0.3, 0.4) is 0 Å². The van der Waals surface area contributed by atoms with Gasteiger partial charge in [-0.1, -0.05) is 50.2 Å². The standard InChI is InChI=1S/C26H31F6NO5/c1-17(2)33-15-21(34)16-38-22-10-5-19(6-11-22)13-14-37-23(35)12-7-18-3-8-20(9-4-18)24(36,25(27,28)29)26(30,31)32/h3-6,8-11,17,21,33-34,36H,7,12-16H2,1-2H3/t21-/m1/s1. The van der Waals surface area contributed by atoms with Crippen LogP contribution < -0.4 is 10.1 Å². The van der Waals surface area contributed by atoms with Crippen molar-refractivity contribution in [1.29, 1.82) is 0 Å². The third-order valence-electron chi connectivity index (χ3n) is 5.59. The van der Waals surface area contributed by atoms with Gasteiger partial charge in [-0.2, -0.15) is 26.3 Å². The van der Waals surface area contributed by atoms with Gasteiger partial charge in [0.15, 0.2) is 0 Å². The second kappa shape index (κ2) is 13.3. The Balaban J connectivity index is 1.77. The molecule has 1 atom stereocenters. The Morgan fingerprint density at radius 2 is 1.42 bits per heavy atom. The number of nitrogens with one attached hydrogen (secondary N) is 1. The smallest absolute Gasteiger partial charge is 0.430 e. The molecule has 2 aromatic carbocycles. The summed E-state index contributed by atoms with van der Waals surface area (Å²) in [6.45, 7) is 4.55. The Hall–Kier alpha value is -2.83. The number of aryl methyl sites for hydroxylation is 1. The van der Waals surface area contributed by atoms with Crippen molar-refractivity contribution >= 4 is 5.97 Å². The van der Waals surface area contributed by atoms with Crippen molar-refractivity contribution in [2.24, 2.45) is 0 Å². The van der Waals surface area contributed by atoms with Crippen LogP contribution in [-0.2, 0) is 28.0 Å². The minimum atomic E-state index is -5.96. The van der Waals surface area contributed by atoms with E-state index in [-0.39, 0.29) is 32.1 Å². The van der Waals surface area contributed by atoms with Gasteiger partial charge >= 0.3 is 18.3 Å². The van der Waals surface area contributed by atoms with E-state index in [1.54, 1.807) is 24.3 Å². The van der Waals surface area contributed by atoms with Crippen molar-refractivity contribution in [3.05, 3.63) is 65.2 Å². The second-order valence-corrected chi connectivity index (χ2v) is 9.05. The van der Waals surface area contributed by atoms with Gasteiger partial charge < -0.3 is 25.0 Å². The number of ether oxygens (including phenoxy) is 2. The van der Waals surface area contributed by atoms with Crippen molar-refractivity contribution in [1.82, 2.24) is 5.32 Å². The molecule has 0 saturated heterocycles. The Kier molecular flexibility index (Phi) is 11.0. The number of rotatable bonds is 13. The van der Waals surface area contributed by atoms with Crippen LogP contribution in [0.4, 0.5) is 26.3 Å². The molecule has 0 spiro atoms. The van der Waals surface area contributed by atoms with E-state index >= 15 is 0 Å². The SMILES string of the molecule is CC(C)NC[C@@H](O)COc1ccc(CCOC(=O)CCc2ccc(C(O)(C(F)(F)F)C(F)(F)F)cc2)cc1. The zero-order valence-corrected chi connectivity index (χ0v) is 20.9. The lowest BCUT2D eigenvalue weighted by atomic mass is 9.91. The first-order valence-corrected chi connectivity index (χ1v) is 11.9. The lowest BCUT2D eigenvalue weighted by Gasteiger charge is -2.32. The van der Waals surface area contributed by atoms with E-state index in [9.17, 15) is 41.4 Å². The Labute approximate surface area is 216 Å². The monoisotopic (exact) mass is 551 g/mol. The molecule has 0 fully saturated rings. The normalized spacial score (nSPS) is 13.4. The first kappa shape index (κ1) is 31.4. The average molecular weight is 552 g/mol. The van der Waals surface area contributed by atoms with Crippen molar-refractivity contribution in [2.45, 2.75) is 63.2 Å². The highest BCUT2D eigenvalue weighted by Gasteiger charge is 2.71. The van der Waals surface area contributed by atoms with Crippen molar-refractivity contribution in [3.63, 3.8) is 0 Å². The number of carbonyl (C=O) groups is 1. The quantitative estimate of drug-likeness (QED) is 0.252. The van der Waals surface area contributed by atoms with Crippen LogP contribution in [0, 0.1) is 0 Å². The first-order valence-electron chi connectivity index (χ1n) is 11.9. The molecule has 2 aromatic rings. The molecule has 0 radical (unpaired) electrons. The molecule has 212 valence electrons. The highest BCUT2D eigenvalue weighted by Crippen LogP contribution is 2.49. The maximum absolute atomic E-state index is 13.0. The average Bonchev–Trinajstić information content (AvgIpc) is 2.84. The van der Waals surface area contributed by atoms with E-state index in [0.717, 1.165) is 17.7 Å². The molecule has 0 unspecified atom stereocenters. The van der Waals surface area contributed by atoms with Gasteiger partial charge in [0.05, 0.1) is 6.61 Å². The largest absolute Gasteiger partial charge is 0.491 e. The molecule has 0 aliphatic carbocycles. The first-order chi connectivity index (χ1) is 17.6. The lowest BCUT2D eigenvalue weighted by Crippen LogP contribution is -2.53. The summed E-state index contributed by atoms with van der Waals surface area (Å²) in [5.74, 6) is -0.00983. The minimum absolute atomic E-state index is 0.0279. The number of hydrogen-bond donors (Lipinski definition) is 3. The summed E-state index contributed by atoms with van der Waals surface area (Å²) in [6, 6.07) is 10.3. The van der Waals surface area contributed by atoms with E-state index < -0.39 is 35.6 Å². The van der Waals surface area contributed by atoms with Gasteiger partial charge in [0.1, 0.15) is 18.5 Å². The van der Waals surface area contributed by atoms with Gasteiger partial charge in [-0.15, -0.1) is 0 Å². The summed E-state index contributed by atoms with van der Waals surface area (Å²) in [5.41, 5.74) is -5.18. The summed E-state index contributed by atoms with van der Waals surface area (Å²) < 4.78 is 88.5. The molecule has 12 heteroatoms. The predicted octanol–water partition coefficient (Wildman–Crippen LogP) is 4.46. The highest BCUT2D eigenvalue weighted by atomic mass is 19.4.